The highest BCUT2D eigenvalue weighted by Gasteiger charge is 2.16. The molecule has 0 saturated carbocycles. The van der Waals surface area contributed by atoms with Gasteiger partial charge in [-0.3, -0.25) is 0 Å². The Bertz CT molecular complexity index is 430. The summed E-state index contributed by atoms with van der Waals surface area (Å²) in [5, 5.41) is 0. The van der Waals surface area contributed by atoms with Gasteiger partial charge in [-0.15, -0.1) is 0 Å². The van der Waals surface area contributed by atoms with Gasteiger partial charge in [0.2, 0.25) is 0 Å². The molecule has 3 heteroatoms. The van der Waals surface area contributed by atoms with Gasteiger partial charge in [0.15, 0.2) is 0 Å². The monoisotopic (exact) mass is 225 g/mol. The Morgan fingerprint density at radius 1 is 1.44 bits per heavy atom. The van der Waals surface area contributed by atoms with Gasteiger partial charge in [0, 0.05) is 5.56 Å². The Morgan fingerprint density at radius 3 is 2.44 bits per heavy atom. The van der Waals surface area contributed by atoms with Crippen molar-refractivity contribution in [3.8, 4) is 0 Å². The van der Waals surface area contributed by atoms with Gasteiger partial charge in [-0.05, 0) is 43.0 Å². The van der Waals surface area contributed by atoms with Crippen LogP contribution < -0.4 is 5.73 Å². The predicted molar refractivity (Wildman–Crippen MR) is 64.4 cm³/mol. The molecular weight excluding hydrogens is 208 g/mol. The first-order valence-electron chi connectivity index (χ1n) is 5.26. The minimum atomic E-state index is -0.437. The van der Waals surface area contributed by atoms with E-state index in [1.165, 1.54) is 19.1 Å². The average Bonchev–Trinajstić information content (AvgIpc) is 2.13. The molecule has 0 radical (unpaired) electrons. The van der Waals surface area contributed by atoms with E-state index in [9.17, 15) is 8.78 Å². The van der Waals surface area contributed by atoms with E-state index in [2.05, 4.69) is 0 Å². The zero-order valence-electron chi connectivity index (χ0n) is 10.1. The number of halogens is 2. The van der Waals surface area contributed by atoms with Gasteiger partial charge in [0.1, 0.15) is 5.82 Å². The second-order valence-corrected chi connectivity index (χ2v) is 4.31. The summed E-state index contributed by atoms with van der Waals surface area (Å²) in [6.07, 6.45) is 1.35. The predicted octanol–water partition coefficient (Wildman–Crippen LogP) is 4.17. The molecule has 0 bridgehead atoms. The van der Waals surface area contributed by atoms with Crippen LogP contribution in [-0.4, -0.2) is 0 Å². The molecule has 1 nitrogen and oxygen atoms in total. The highest BCUT2D eigenvalue weighted by atomic mass is 19.1. The van der Waals surface area contributed by atoms with Gasteiger partial charge in [0.25, 0.3) is 0 Å². The highest BCUT2D eigenvalue weighted by molar-refractivity contribution is 5.64. The maximum atomic E-state index is 13.9. The maximum Gasteiger partial charge on any atom is 0.150 e. The van der Waals surface area contributed by atoms with Crippen LogP contribution in [-0.2, 0) is 0 Å². The molecule has 0 heterocycles. The first-order valence-corrected chi connectivity index (χ1v) is 5.26. The minimum Gasteiger partial charge on any atom is -0.396 e. The number of hydrogen-bond acceptors (Lipinski definition) is 1. The number of hydrogen-bond donors (Lipinski definition) is 1. The smallest absolute Gasteiger partial charge is 0.150 e. The van der Waals surface area contributed by atoms with Crippen molar-refractivity contribution in [2.75, 3.05) is 5.73 Å². The van der Waals surface area contributed by atoms with Crippen molar-refractivity contribution in [3.05, 3.63) is 34.4 Å². The SMILES string of the molecule is C/C(F)=C/c1c(C)cc(N)c(F)c1C(C)C. The fraction of sp³-hybridized carbons (Fsp3) is 0.385. The van der Waals surface area contributed by atoms with Crippen LogP contribution in [0.15, 0.2) is 11.9 Å². The topological polar surface area (TPSA) is 26.0 Å². The lowest BCUT2D eigenvalue weighted by Crippen LogP contribution is -2.04. The van der Waals surface area contributed by atoms with Crippen LogP contribution in [0, 0.1) is 12.7 Å². The highest BCUT2D eigenvalue weighted by Crippen LogP contribution is 2.31. The van der Waals surface area contributed by atoms with Gasteiger partial charge in [-0.2, -0.15) is 0 Å². The van der Waals surface area contributed by atoms with Crippen molar-refractivity contribution < 1.29 is 8.78 Å². The fourth-order valence-corrected chi connectivity index (χ4v) is 1.82. The van der Waals surface area contributed by atoms with E-state index >= 15 is 0 Å². The van der Waals surface area contributed by atoms with Crippen LogP contribution in [0.25, 0.3) is 6.08 Å². The molecule has 1 aromatic carbocycles. The molecule has 0 fully saturated rings. The molecule has 1 aromatic rings. The van der Waals surface area contributed by atoms with Crippen LogP contribution in [0.5, 0.6) is 0 Å². The minimum absolute atomic E-state index is 0.0344. The molecule has 0 atom stereocenters. The molecule has 0 aliphatic rings. The maximum absolute atomic E-state index is 13.9. The van der Waals surface area contributed by atoms with E-state index in [0.717, 1.165) is 5.56 Å². The number of anilines is 1. The van der Waals surface area contributed by atoms with Gasteiger partial charge < -0.3 is 5.73 Å². The lowest BCUT2D eigenvalue weighted by molar-refractivity contribution is 0.601. The number of nitrogens with two attached hydrogens (primary N) is 1. The van der Waals surface area contributed by atoms with Crippen LogP contribution >= 0.6 is 0 Å². The van der Waals surface area contributed by atoms with Gasteiger partial charge in [0.05, 0.1) is 11.5 Å². The molecule has 0 saturated heterocycles. The van der Waals surface area contributed by atoms with E-state index in [4.69, 9.17) is 5.73 Å². The molecule has 0 amide bonds. The lowest BCUT2D eigenvalue weighted by atomic mass is 9.92. The Hall–Kier alpha value is -1.38. The third-order valence-corrected chi connectivity index (χ3v) is 2.50. The van der Waals surface area contributed by atoms with E-state index in [-0.39, 0.29) is 17.4 Å². The number of allylic oxidation sites excluding steroid dienone is 1. The third kappa shape index (κ3) is 2.40. The summed E-state index contributed by atoms with van der Waals surface area (Å²) in [6, 6.07) is 1.54. The molecule has 0 unspecified atom stereocenters. The molecule has 16 heavy (non-hydrogen) atoms. The number of nitrogen functional groups attached to an aromatic ring is 1. The Balaban J connectivity index is 3.57. The van der Waals surface area contributed by atoms with Crippen molar-refractivity contribution in [1.29, 1.82) is 0 Å². The molecule has 1 rings (SSSR count). The van der Waals surface area contributed by atoms with Crippen LogP contribution in [0.2, 0.25) is 0 Å². The Labute approximate surface area is 95.0 Å². The van der Waals surface area contributed by atoms with Crippen molar-refractivity contribution in [3.63, 3.8) is 0 Å². The second kappa shape index (κ2) is 4.64. The van der Waals surface area contributed by atoms with E-state index in [0.29, 0.717) is 11.1 Å². The molecule has 2 N–H and O–H groups in total. The van der Waals surface area contributed by atoms with Gasteiger partial charge >= 0.3 is 0 Å². The molecular formula is C13H17F2N. The van der Waals surface area contributed by atoms with Crippen molar-refractivity contribution in [1.82, 2.24) is 0 Å². The van der Waals surface area contributed by atoms with Crippen molar-refractivity contribution >= 4 is 11.8 Å². The molecule has 0 aliphatic carbocycles. The summed E-state index contributed by atoms with van der Waals surface area (Å²) in [7, 11) is 0. The number of benzene rings is 1. The molecule has 0 aliphatic heterocycles. The summed E-state index contributed by atoms with van der Waals surface area (Å²) >= 11 is 0. The number of rotatable bonds is 2. The van der Waals surface area contributed by atoms with Crippen LogP contribution in [0.4, 0.5) is 14.5 Å². The third-order valence-electron chi connectivity index (χ3n) is 2.50. The van der Waals surface area contributed by atoms with Gasteiger partial charge in [-0.1, -0.05) is 13.8 Å². The molecule has 88 valence electrons. The summed E-state index contributed by atoms with van der Waals surface area (Å²) in [5.41, 5.74) is 7.56. The largest absolute Gasteiger partial charge is 0.396 e. The quantitative estimate of drug-likeness (QED) is 0.751. The van der Waals surface area contributed by atoms with Crippen LogP contribution in [0.1, 0.15) is 43.4 Å². The standard InChI is InChI=1S/C13H17F2N/c1-7(2)12-10(6-9(4)14)8(3)5-11(16)13(12)15/h5-7H,16H2,1-4H3/b9-6-. The van der Waals surface area contributed by atoms with E-state index in [1.807, 2.05) is 13.8 Å². The van der Waals surface area contributed by atoms with Crippen molar-refractivity contribution in [2.24, 2.45) is 0 Å². The molecule has 0 spiro atoms. The zero-order valence-corrected chi connectivity index (χ0v) is 10.1. The number of aryl methyl sites for hydroxylation is 1. The summed E-state index contributed by atoms with van der Waals surface area (Å²) in [4.78, 5) is 0. The average molecular weight is 225 g/mol. The first-order chi connectivity index (χ1) is 7.34. The zero-order chi connectivity index (χ0) is 12.5. The lowest BCUT2D eigenvalue weighted by Gasteiger charge is -2.15. The normalized spacial score (nSPS) is 12.3. The van der Waals surface area contributed by atoms with E-state index in [1.54, 1.807) is 6.92 Å². The Morgan fingerprint density at radius 2 is 2.00 bits per heavy atom. The summed E-state index contributed by atoms with van der Waals surface area (Å²) in [6.45, 7) is 6.87. The first kappa shape index (κ1) is 12.7. The van der Waals surface area contributed by atoms with E-state index < -0.39 is 5.82 Å². The summed E-state index contributed by atoms with van der Waals surface area (Å²) in [5.74, 6) is -0.810. The van der Waals surface area contributed by atoms with Crippen LogP contribution in [0.3, 0.4) is 0 Å². The Kier molecular flexibility index (Phi) is 3.68. The van der Waals surface area contributed by atoms with Gasteiger partial charge in [-0.25, -0.2) is 8.78 Å². The summed E-state index contributed by atoms with van der Waals surface area (Å²) < 4.78 is 26.8. The molecule has 0 aromatic heterocycles. The second-order valence-electron chi connectivity index (χ2n) is 4.31. The fourth-order valence-electron chi connectivity index (χ4n) is 1.82. The van der Waals surface area contributed by atoms with Crippen molar-refractivity contribution in [2.45, 2.75) is 33.6 Å².